The second-order valence-corrected chi connectivity index (χ2v) is 14.7. The van der Waals surface area contributed by atoms with Crippen molar-refractivity contribution in [1.82, 2.24) is 0 Å². The van der Waals surface area contributed by atoms with Crippen LogP contribution < -0.4 is 0 Å². The van der Waals surface area contributed by atoms with Gasteiger partial charge in [0.25, 0.3) is 0 Å². The number of thioether (sulfide) groups is 1. The number of unbranched alkanes of at least 4 members (excludes halogenated alkanes) is 6. The van der Waals surface area contributed by atoms with Gasteiger partial charge in [-0.05, 0) is 76.0 Å². The van der Waals surface area contributed by atoms with Crippen LogP contribution in [0.4, 0.5) is 0 Å². The molecule has 2 aliphatic heterocycles. The van der Waals surface area contributed by atoms with Crippen molar-refractivity contribution in [2.24, 2.45) is 23.7 Å². The second kappa shape index (κ2) is 13.4. The van der Waals surface area contributed by atoms with Crippen molar-refractivity contribution in [3.63, 3.8) is 0 Å². The summed E-state index contributed by atoms with van der Waals surface area (Å²) < 4.78 is 14.1. The van der Waals surface area contributed by atoms with E-state index in [4.69, 9.17) is 9.47 Å². The van der Waals surface area contributed by atoms with E-state index in [1.165, 1.54) is 116 Å². The Morgan fingerprint density at radius 1 is 0.657 bits per heavy atom. The van der Waals surface area contributed by atoms with Crippen LogP contribution in [0.25, 0.3) is 0 Å². The summed E-state index contributed by atoms with van der Waals surface area (Å²) in [6.07, 6.45) is 25.7. The van der Waals surface area contributed by atoms with Crippen LogP contribution >= 0.6 is 11.8 Å². The minimum atomic E-state index is 0.468. The Bertz CT molecular complexity index is 561. The highest BCUT2D eigenvalue weighted by molar-refractivity contribution is 8.02. The van der Waals surface area contributed by atoms with Gasteiger partial charge < -0.3 is 9.47 Å². The molecule has 204 valence electrons. The van der Waals surface area contributed by atoms with E-state index in [2.05, 4.69) is 39.5 Å². The summed E-state index contributed by atoms with van der Waals surface area (Å²) in [5.41, 5.74) is 0. The minimum absolute atomic E-state index is 0.468. The molecule has 0 radical (unpaired) electrons. The quantitative estimate of drug-likeness (QED) is 0.194. The third-order valence-electron chi connectivity index (χ3n) is 10.3. The Kier molecular flexibility index (Phi) is 10.8. The van der Waals surface area contributed by atoms with Gasteiger partial charge in [0.05, 0.1) is 12.2 Å². The average molecular weight is 507 g/mol. The lowest BCUT2D eigenvalue weighted by Gasteiger charge is -2.43. The summed E-state index contributed by atoms with van der Waals surface area (Å²) >= 11 is 2.51. The minimum Gasteiger partial charge on any atom is -0.378 e. The number of hydrogen-bond donors (Lipinski definition) is 0. The first-order valence-corrected chi connectivity index (χ1v) is 16.8. The number of hydrogen-bond acceptors (Lipinski definition) is 3. The molecule has 2 nitrogen and oxygen atoms in total. The van der Waals surface area contributed by atoms with Crippen LogP contribution in [-0.2, 0) is 9.47 Å². The molecule has 4 fully saturated rings. The average Bonchev–Trinajstić information content (AvgIpc) is 3.74. The molecule has 3 heteroatoms. The molecular weight excluding hydrogens is 448 g/mol. The molecule has 0 bridgehead atoms. The highest BCUT2D eigenvalue weighted by atomic mass is 32.2. The van der Waals surface area contributed by atoms with E-state index in [1.54, 1.807) is 0 Å². The zero-order valence-electron chi connectivity index (χ0n) is 23.8. The number of rotatable bonds is 16. The Balaban J connectivity index is 1.52. The van der Waals surface area contributed by atoms with Crippen LogP contribution in [0.2, 0.25) is 0 Å². The first-order valence-electron chi connectivity index (χ1n) is 16.0. The molecule has 0 aromatic carbocycles. The standard InChI is InChI=1S/C32H58O2S/c1-5-7-9-11-17-27(29-19-13-15-21-33-29)31(23-25(31)3)35-32(24-26(32)4)28(18-12-10-8-6-2)30-20-14-16-22-34-30/h25-30H,5-24H2,1-4H3. The predicted molar refractivity (Wildman–Crippen MR) is 152 cm³/mol. The molecule has 0 aromatic heterocycles. The summed E-state index contributed by atoms with van der Waals surface area (Å²) in [4.78, 5) is 0. The van der Waals surface area contributed by atoms with Crippen molar-refractivity contribution in [1.29, 1.82) is 0 Å². The third kappa shape index (κ3) is 6.83. The fraction of sp³-hybridized carbons (Fsp3) is 1.00. The normalized spacial score (nSPS) is 38.7. The van der Waals surface area contributed by atoms with Gasteiger partial charge in [0.2, 0.25) is 0 Å². The number of ether oxygens (including phenoxy) is 2. The lowest BCUT2D eigenvalue weighted by Crippen LogP contribution is -2.42. The fourth-order valence-corrected chi connectivity index (χ4v) is 10.5. The fourth-order valence-electron chi connectivity index (χ4n) is 7.90. The molecule has 4 rings (SSSR count). The van der Waals surface area contributed by atoms with Gasteiger partial charge in [-0.2, -0.15) is 0 Å². The maximum atomic E-state index is 6.56. The SMILES string of the molecule is CCCCCCC(C1CCCCO1)C1(SC2(C(CCCCCC)C3CCCCO3)CC2C)CC1C. The smallest absolute Gasteiger partial charge is 0.0616 e. The van der Waals surface area contributed by atoms with E-state index in [1.807, 2.05) is 0 Å². The molecule has 0 amide bonds. The summed E-state index contributed by atoms with van der Waals surface area (Å²) in [7, 11) is 0. The topological polar surface area (TPSA) is 18.5 Å². The maximum Gasteiger partial charge on any atom is 0.0616 e. The molecule has 2 saturated carbocycles. The van der Waals surface area contributed by atoms with E-state index in [9.17, 15) is 0 Å². The molecule has 2 aliphatic carbocycles. The zero-order chi connectivity index (χ0) is 24.7. The van der Waals surface area contributed by atoms with Gasteiger partial charge in [-0.15, -0.1) is 11.8 Å². The molecule has 8 unspecified atom stereocenters. The van der Waals surface area contributed by atoms with Gasteiger partial charge in [-0.25, -0.2) is 0 Å². The van der Waals surface area contributed by atoms with Crippen molar-refractivity contribution in [3.05, 3.63) is 0 Å². The first kappa shape index (κ1) is 28.3. The lowest BCUT2D eigenvalue weighted by molar-refractivity contribution is -0.0301. The Morgan fingerprint density at radius 3 is 1.40 bits per heavy atom. The second-order valence-electron chi connectivity index (χ2n) is 12.9. The molecule has 2 saturated heterocycles. The van der Waals surface area contributed by atoms with Gasteiger partial charge in [-0.3, -0.25) is 0 Å². The predicted octanol–water partition coefficient (Wildman–Crippen LogP) is 9.59. The maximum absolute atomic E-state index is 6.56. The summed E-state index contributed by atoms with van der Waals surface area (Å²) in [5.74, 6) is 3.23. The Morgan fingerprint density at radius 2 is 1.09 bits per heavy atom. The Hall–Kier alpha value is 0.270. The van der Waals surface area contributed by atoms with Crippen LogP contribution in [0.3, 0.4) is 0 Å². The van der Waals surface area contributed by atoms with Gasteiger partial charge in [0.15, 0.2) is 0 Å². The zero-order valence-corrected chi connectivity index (χ0v) is 24.6. The van der Waals surface area contributed by atoms with Crippen molar-refractivity contribution in [2.75, 3.05) is 13.2 Å². The highest BCUT2D eigenvalue weighted by Crippen LogP contribution is 2.73. The molecule has 0 spiro atoms. The monoisotopic (exact) mass is 506 g/mol. The molecule has 4 aliphatic rings. The van der Waals surface area contributed by atoms with E-state index in [0.717, 1.165) is 36.9 Å². The summed E-state index contributed by atoms with van der Waals surface area (Å²) in [6, 6.07) is 0. The van der Waals surface area contributed by atoms with Crippen molar-refractivity contribution in [2.45, 2.75) is 165 Å². The van der Waals surface area contributed by atoms with E-state index in [0.29, 0.717) is 21.7 Å². The molecule has 0 aromatic rings. The van der Waals surface area contributed by atoms with Gasteiger partial charge in [0.1, 0.15) is 0 Å². The van der Waals surface area contributed by atoms with Crippen LogP contribution in [0, 0.1) is 23.7 Å². The van der Waals surface area contributed by atoms with Crippen molar-refractivity contribution >= 4 is 11.8 Å². The van der Waals surface area contributed by atoms with Crippen LogP contribution in [0.15, 0.2) is 0 Å². The molecule has 0 N–H and O–H groups in total. The molecule has 35 heavy (non-hydrogen) atoms. The van der Waals surface area contributed by atoms with Gasteiger partial charge in [0, 0.05) is 34.5 Å². The van der Waals surface area contributed by atoms with E-state index >= 15 is 0 Å². The molecule has 8 atom stereocenters. The van der Waals surface area contributed by atoms with Crippen molar-refractivity contribution < 1.29 is 9.47 Å². The van der Waals surface area contributed by atoms with Gasteiger partial charge >= 0.3 is 0 Å². The summed E-state index contributed by atoms with van der Waals surface area (Å²) in [5, 5.41) is 0. The van der Waals surface area contributed by atoms with E-state index < -0.39 is 0 Å². The first-order chi connectivity index (χ1) is 17.1. The molecular formula is C32H58O2S. The van der Waals surface area contributed by atoms with Crippen LogP contribution in [-0.4, -0.2) is 34.9 Å². The third-order valence-corrected chi connectivity index (χ3v) is 12.8. The lowest BCUT2D eigenvalue weighted by atomic mass is 9.85. The van der Waals surface area contributed by atoms with Crippen molar-refractivity contribution in [3.8, 4) is 0 Å². The Labute approximate surface area is 222 Å². The van der Waals surface area contributed by atoms with Crippen LogP contribution in [0.5, 0.6) is 0 Å². The summed E-state index contributed by atoms with van der Waals surface area (Å²) in [6.45, 7) is 11.8. The van der Waals surface area contributed by atoms with Gasteiger partial charge in [-0.1, -0.05) is 79.1 Å². The highest BCUT2D eigenvalue weighted by Gasteiger charge is 2.68. The largest absolute Gasteiger partial charge is 0.378 e. The van der Waals surface area contributed by atoms with Crippen LogP contribution in [0.1, 0.15) is 143 Å². The molecule has 2 heterocycles. The van der Waals surface area contributed by atoms with E-state index in [-0.39, 0.29) is 0 Å².